The monoisotopic (exact) mass is 305 g/mol. The molecule has 0 aliphatic heterocycles. The number of carbonyl (C=O) groups is 1. The fraction of sp³-hybridized carbons (Fsp3) is 0.133. The first-order valence-electron chi connectivity index (χ1n) is 6.08. The van der Waals surface area contributed by atoms with E-state index in [4.69, 9.17) is 16.3 Å². The molecule has 3 nitrogen and oxygen atoms in total. The van der Waals surface area contributed by atoms with Gasteiger partial charge in [0, 0.05) is 11.6 Å². The van der Waals surface area contributed by atoms with Crippen LogP contribution in [0.3, 0.4) is 0 Å². The van der Waals surface area contributed by atoms with E-state index in [0.29, 0.717) is 17.3 Å². The van der Waals surface area contributed by atoms with Gasteiger partial charge in [-0.3, -0.25) is 0 Å². The van der Waals surface area contributed by atoms with Crippen molar-refractivity contribution in [3.05, 3.63) is 58.1 Å². The van der Waals surface area contributed by atoms with Gasteiger partial charge in [0.2, 0.25) is 0 Å². The van der Waals surface area contributed by atoms with Gasteiger partial charge in [0.05, 0.1) is 17.3 Å². The van der Waals surface area contributed by atoms with E-state index in [-0.39, 0.29) is 5.97 Å². The fourth-order valence-electron chi connectivity index (χ4n) is 2.19. The summed E-state index contributed by atoms with van der Waals surface area (Å²) >= 11 is 7.51. The van der Waals surface area contributed by atoms with Crippen LogP contribution in [0.25, 0.3) is 10.2 Å². The van der Waals surface area contributed by atoms with Crippen LogP contribution in [-0.4, -0.2) is 17.6 Å². The number of hydrogen-bond acceptors (Lipinski definition) is 3. The molecule has 20 heavy (non-hydrogen) atoms. The molecule has 3 rings (SSSR count). The van der Waals surface area contributed by atoms with E-state index in [1.54, 1.807) is 11.3 Å². The molecule has 0 spiro atoms. The minimum atomic E-state index is -0.317. The molecule has 0 N–H and O–H groups in total. The van der Waals surface area contributed by atoms with Crippen LogP contribution in [-0.2, 0) is 11.3 Å². The quantitative estimate of drug-likeness (QED) is 0.679. The van der Waals surface area contributed by atoms with Gasteiger partial charge in [0.15, 0.2) is 0 Å². The Hall–Kier alpha value is -1.78. The molecule has 0 radical (unpaired) electrons. The number of fused-ring (bicyclic) bond motifs is 1. The molecule has 0 aliphatic rings. The zero-order chi connectivity index (χ0) is 14.1. The van der Waals surface area contributed by atoms with Gasteiger partial charge in [-0.15, -0.1) is 11.3 Å². The molecule has 0 unspecified atom stereocenters. The normalized spacial score (nSPS) is 10.9. The van der Waals surface area contributed by atoms with Gasteiger partial charge in [0.1, 0.15) is 5.69 Å². The molecule has 3 aromatic rings. The smallest absolute Gasteiger partial charge is 0.354 e. The van der Waals surface area contributed by atoms with Gasteiger partial charge >= 0.3 is 5.97 Å². The Kier molecular flexibility index (Phi) is 3.51. The molecule has 0 atom stereocenters. The van der Waals surface area contributed by atoms with Gasteiger partial charge in [-0.25, -0.2) is 4.79 Å². The summed E-state index contributed by atoms with van der Waals surface area (Å²) in [7, 11) is 1.40. The Balaban J connectivity index is 2.06. The minimum absolute atomic E-state index is 0.317. The largest absolute Gasteiger partial charge is 0.464 e. The van der Waals surface area contributed by atoms with Crippen LogP contribution in [0.1, 0.15) is 16.1 Å². The molecule has 5 heteroatoms. The minimum Gasteiger partial charge on any atom is -0.464 e. The Morgan fingerprint density at radius 3 is 2.75 bits per heavy atom. The fourth-order valence-corrected chi connectivity index (χ4v) is 3.14. The summed E-state index contributed by atoms with van der Waals surface area (Å²) in [6.07, 6.45) is 0. The number of nitrogens with zero attached hydrogens (tertiary/aromatic N) is 1. The third-order valence-electron chi connectivity index (χ3n) is 3.17. The molecule has 0 amide bonds. The van der Waals surface area contributed by atoms with Crippen LogP contribution >= 0.6 is 22.9 Å². The Labute approximate surface area is 125 Å². The molecule has 0 aliphatic carbocycles. The number of hydrogen-bond donors (Lipinski definition) is 0. The van der Waals surface area contributed by atoms with Crippen LogP contribution in [0.5, 0.6) is 0 Å². The van der Waals surface area contributed by atoms with Crippen LogP contribution in [0.2, 0.25) is 5.02 Å². The molecule has 2 heterocycles. The van der Waals surface area contributed by atoms with Gasteiger partial charge < -0.3 is 9.30 Å². The lowest BCUT2D eigenvalue weighted by molar-refractivity contribution is 0.0589. The first-order valence-corrected chi connectivity index (χ1v) is 7.34. The summed E-state index contributed by atoms with van der Waals surface area (Å²) in [5.41, 5.74) is 2.71. The van der Waals surface area contributed by atoms with Crippen molar-refractivity contribution in [1.82, 2.24) is 4.57 Å². The molecule has 0 saturated carbocycles. The standard InChI is InChI=1S/C15H12ClNO2S/c1-19-15(18)13-8-14-12(6-7-20-14)17(13)9-10-2-4-11(16)5-3-10/h2-8H,9H2,1H3. The molecule has 1 aromatic carbocycles. The Morgan fingerprint density at radius 2 is 2.05 bits per heavy atom. The van der Waals surface area contributed by atoms with Crippen molar-refractivity contribution in [2.24, 2.45) is 0 Å². The first kappa shape index (κ1) is 13.2. The van der Waals surface area contributed by atoms with E-state index in [9.17, 15) is 4.79 Å². The van der Waals surface area contributed by atoms with Crippen LogP contribution in [0.15, 0.2) is 41.8 Å². The summed E-state index contributed by atoms with van der Waals surface area (Å²) in [6.45, 7) is 0.613. The first-order chi connectivity index (χ1) is 9.69. The Bertz CT molecular complexity index is 758. The number of benzene rings is 1. The van der Waals surface area contributed by atoms with E-state index >= 15 is 0 Å². The summed E-state index contributed by atoms with van der Waals surface area (Å²) in [5.74, 6) is -0.317. The third kappa shape index (κ3) is 2.32. The summed E-state index contributed by atoms with van der Waals surface area (Å²) < 4.78 is 7.91. The number of rotatable bonds is 3. The second-order valence-electron chi connectivity index (χ2n) is 4.40. The second-order valence-corrected chi connectivity index (χ2v) is 5.79. The van der Waals surface area contributed by atoms with Crippen LogP contribution in [0.4, 0.5) is 0 Å². The summed E-state index contributed by atoms with van der Waals surface area (Å²) in [6, 6.07) is 11.5. The third-order valence-corrected chi connectivity index (χ3v) is 4.28. The maximum absolute atomic E-state index is 11.9. The van der Waals surface area contributed by atoms with Gasteiger partial charge in [-0.05, 0) is 35.2 Å². The molecule has 0 bridgehead atoms. The maximum atomic E-state index is 11.9. The van der Waals surface area contributed by atoms with E-state index in [1.165, 1.54) is 7.11 Å². The van der Waals surface area contributed by atoms with E-state index in [1.807, 2.05) is 46.3 Å². The molecule has 2 aromatic heterocycles. The highest BCUT2D eigenvalue weighted by Crippen LogP contribution is 2.26. The van der Waals surface area contributed by atoms with Crippen molar-refractivity contribution in [1.29, 1.82) is 0 Å². The number of thiophene rings is 1. The average molecular weight is 306 g/mol. The number of aromatic nitrogens is 1. The predicted octanol–water partition coefficient (Wildman–Crippen LogP) is 4.19. The van der Waals surface area contributed by atoms with Gasteiger partial charge in [0.25, 0.3) is 0 Å². The van der Waals surface area contributed by atoms with Gasteiger partial charge in [-0.2, -0.15) is 0 Å². The Morgan fingerprint density at radius 1 is 1.30 bits per heavy atom. The van der Waals surface area contributed by atoms with Crippen molar-refractivity contribution in [3.8, 4) is 0 Å². The summed E-state index contributed by atoms with van der Waals surface area (Å²) in [4.78, 5) is 11.9. The van der Waals surface area contributed by atoms with Crippen molar-refractivity contribution in [3.63, 3.8) is 0 Å². The molecular weight excluding hydrogens is 294 g/mol. The van der Waals surface area contributed by atoms with E-state index < -0.39 is 0 Å². The zero-order valence-electron chi connectivity index (χ0n) is 10.8. The van der Waals surface area contributed by atoms with E-state index in [2.05, 4.69) is 0 Å². The number of halogens is 1. The molecular formula is C15H12ClNO2S. The second kappa shape index (κ2) is 5.31. The molecule has 0 saturated heterocycles. The number of esters is 1. The van der Waals surface area contributed by atoms with Crippen molar-refractivity contribution < 1.29 is 9.53 Å². The van der Waals surface area contributed by atoms with E-state index in [0.717, 1.165) is 15.8 Å². The highest BCUT2D eigenvalue weighted by Gasteiger charge is 2.16. The highest BCUT2D eigenvalue weighted by atomic mass is 35.5. The topological polar surface area (TPSA) is 31.2 Å². The van der Waals surface area contributed by atoms with Crippen LogP contribution in [0, 0.1) is 0 Å². The van der Waals surface area contributed by atoms with Crippen molar-refractivity contribution in [2.45, 2.75) is 6.54 Å². The van der Waals surface area contributed by atoms with Gasteiger partial charge in [-0.1, -0.05) is 23.7 Å². The lowest BCUT2D eigenvalue weighted by atomic mass is 10.2. The van der Waals surface area contributed by atoms with Crippen LogP contribution < -0.4 is 0 Å². The average Bonchev–Trinajstić information content (AvgIpc) is 3.03. The SMILES string of the molecule is COC(=O)c1cc2sccc2n1Cc1ccc(Cl)cc1. The number of methoxy groups -OCH3 is 1. The summed E-state index contributed by atoms with van der Waals surface area (Å²) in [5, 5.41) is 2.72. The number of ether oxygens (including phenoxy) is 1. The lowest BCUT2D eigenvalue weighted by Gasteiger charge is -2.09. The maximum Gasteiger partial charge on any atom is 0.354 e. The number of carbonyl (C=O) groups excluding carboxylic acids is 1. The van der Waals surface area contributed by atoms with Crippen molar-refractivity contribution >= 4 is 39.1 Å². The molecule has 102 valence electrons. The highest BCUT2D eigenvalue weighted by molar-refractivity contribution is 7.17. The predicted molar refractivity (Wildman–Crippen MR) is 81.7 cm³/mol. The lowest BCUT2D eigenvalue weighted by Crippen LogP contribution is -2.11. The zero-order valence-corrected chi connectivity index (χ0v) is 12.4. The van der Waals surface area contributed by atoms with Crippen molar-refractivity contribution in [2.75, 3.05) is 7.11 Å². The molecule has 0 fully saturated rings.